The third-order valence-electron chi connectivity index (χ3n) is 3.24. The van der Waals surface area contributed by atoms with Gasteiger partial charge in [0.05, 0.1) is 11.3 Å². The predicted molar refractivity (Wildman–Crippen MR) is 109 cm³/mol. The van der Waals surface area contributed by atoms with E-state index in [0.717, 1.165) is 12.1 Å². The Morgan fingerprint density at radius 2 is 1.15 bits per heavy atom. The first-order valence-corrected chi connectivity index (χ1v) is 9.21. The van der Waals surface area contributed by atoms with Crippen molar-refractivity contribution in [2.75, 3.05) is 13.1 Å². The van der Waals surface area contributed by atoms with E-state index >= 15 is 0 Å². The van der Waals surface area contributed by atoms with Crippen molar-refractivity contribution in [1.82, 2.24) is 10.6 Å². The zero-order chi connectivity index (χ0) is 25.4. The Hall–Kier alpha value is -2.17. The van der Waals surface area contributed by atoms with Crippen LogP contribution in [-0.2, 0) is 48.5 Å². The van der Waals surface area contributed by atoms with Crippen molar-refractivity contribution in [1.29, 1.82) is 0 Å². The number of alkyl halides is 9. The molecular formula is C16H13CuF9N6S2. The molecule has 6 nitrogen and oxygen atoms in total. The molecule has 0 aliphatic heterocycles. The molecule has 1 aromatic rings. The van der Waals surface area contributed by atoms with E-state index in [4.69, 9.17) is 0 Å². The minimum absolute atomic E-state index is 0. The van der Waals surface area contributed by atoms with Crippen molar-refractivity contribution in [3.63, 3.8) is 0 Å². The SMILES string of the molecule is CC(=N\N=C(/[S-])NCC(F)(F)F)/C(=N/N=C(\[S-])NCC(F)(F)F)c1ccc(C(F)(F)F)cc1.[Cu+2]. The quantitative estimate of drug-likeness (QED) is 0.132. The molecule has 193 valence electrons. The van der Waals surface area contributed by atoms with Crippen molar-refractivity contribution in [3.05, 3.63) is 35.4 Å². The molecule has 0 amide bonds. The number of nitrogens with one attached hydrogen (secondary N) is 2. The van der Waals surface area contributed by atoms with Gasteiger partial charge in [-0.05, 0) is 29.4 Å². The predicted octanol–water partition coefficient (Wildman–Crippen LogP) is 3.89. The summed E-state index contributed by atoms with van der Waals surface area (Å²) in [4.78, 5) is 0. The fraction of sp³-hybridized carbons (Fsp3) is 0.375. The monoisotopic (exact) mass is 587 g/mol. The maximum atomic E-state index is 12.8. The van der Waals surface area contributed by atoms with Gasteiger partial charge in [-0.3, -0.25) is 0 Å². The van der Waals surface area contributed by atoms with Gasteiger partial charge in [0, 0.05) is 5.56 Å². The molecule has 0 fully saturated rings. The van der Waals surface area contributed by atoms with Gasteiger partial charge in [-0.1, -0.05) is 12.1 Å². The van der Waals surface area contributed by atoms with Gasteiger partial charge in [0.15, 0.2) is 0 Å². The molecule has 2 N–H and O–H groups in total. The second-order valence-electron chi connectivity index (χ2n) is 5.96. The molecule has 0 aliphatic carbocycles. The van der Waals surface area contributed by atoms with E-state index < -0.39 is 47.5 Å². The fourth-order valence-electron chi connectivity index (χ4n) is 1.84. The van der Waals surface area contributed by atoms with Gasteiger partial charge < -0.3 is 35.9 Å². The van der Waals surface area contributed by atoms with Crippen LogP contribution in [0.25, 0.3) is 0 Å². The van der Waals surface area contributed by atoms with Crippen LogP contribution in [0.4, 0.5) is 39.5 Å². The summed E-state index contributed by atoms with van der Waals surface area (Å²) in [6.45, 7) is -1.78. The molecule has 18 heteroatoms. The summed E-state index contributed by atoms with van der Waals surface area (Å²) in [6.07, 6.45) is -13.8. The first-order valence-electron chi connectivity index (χ1n) is 8.39. The number of amidine groups is 2. The summed E-state index contributed by atoms with van der Waals surface area (Å²) in [5.74, 6) is 0. The van der Waals surface area contributed by atoms with Crippen LogP contribution in [-0.4, -0.2) is 47.2 Å². The third-order valence-corrected chi connectivity index (χ3v) is 3.69. The molecule has 0 saturated heterocycles. The van der Waals surface area contributed by atoms with Crippen molar-refractivity contribution in [3.8, 4) is 0 Å². The van der Waals surface area contributed by atoms with Crippen LogP contribution >= 0.6 is 0 Å². The standard InChI is InChI=1S/C16H15F9N6S2.Cu/c1-8(28-30-12(32)26-6-14(17,18)19)11(29-31-13(33)27-7-15(20,21)22)9-2-4-10(5-3-9)16(23,24)25;/h2-5H,6-7H2,1H3,(H2,26,30,32)(H2,27,31,33);/q;+2/p-2/b28-8+,29-11-;. The Balaban J connectivity index is 0.0000109. The average molecular weight is 588 g/mol. The fourth-order valence-corrected chi connectivity index (χ4v) is 2.07. The van der Waals surface area contributed by atoms with E-state index in [-0.39, 0.29) is 34.1 Å². The molecule has 0 bridgehead atoms. The molecule has 0 aliphatic rings. The summed E-state index contributed by atoms with van der Waals surface area (Å²) < 4.78 is 112. The molecule has 1 aromatic carbocycles. The maximum absolute atomic E-state index is 12.8. The Morgan fingerprint density at radius 1 is 0.735 bits per heavy atom. The molecule has 1 radical (unpaired) electrons. The van der Waals surface area contributed by atoms with Gasteiger partial charge in [-0.2, -0.15) is 54.8 Å². The van der Waals surface area contributed by atoms with E-state index in [9.17, 15) is 39.5 Å². The van der Waals surface area contributed by atoms with E-state index in [1.807, 2.05) is 0 Å². The van der Waals surface area contributed by atoms with Crippen LogP contribution in [0.3, 0.4) is 0 Å². The number of halogens is 9. The Labute approximate surface area is 208 Å². The number of hydrogen-bond acceptors (Lipinski definition) is 6. The van der Waals surface area contributed by atoms with E-state index in [0.29, 0.717) is 12.1 Å². The smallest absolute Gasteiger partial charge is 0.741 e. The van der Waals surface area contributed by atoms with Crippen molar-refractivity contribution in [2.45, 2.75) is 25.5 Å². The zero-order valence-electron chi connectivity index (χ0n) is 16.5. The summed E-state index contributed by atoms with van der Waals surface area (Å²) in [7, 11) is 0. The largest absolute Gasteiger partial charge is 2.00 e. The molecule has 1 rings (SSSR count). The molecule has 0 unspecified atom stereocenters. The number of benzene rings is 1. The molecule has 0 saturated carbocycles. The number of hydrogen-bond donors (Lipinski definition) is 2. The van der Waals surface area contributed by atoms with Crippen LogP contribution in [0.5, 0.6) is 0 Å². The van der Waals surface area contributed by atoms with Crippen LogP contribution in [0.2, 0.25) is 0 Å². The second kappa shape index (κ2) is 13.1. The second-order valence-corrected chi connectivity index (χ2v) is 6.73. The number of rotatable bonds is 6. The van der Waals surface area contributed by atoms with Gasteiger partial charge in [-0.25, -0.2) is 0 Å². The molecule has 0 atom stereocenters. The Bertz CT molecular complexity index is 923. The van der Waals surface area contributed by atoms with Crippen LogP contribution in [0, 0.1) is 0 Å². The average Bonchev–Trinajstić information content (AvgIpc) is 2.68. The minimum atomic E-state index is -4.64. The topological polar surface area (TPSA) is 73.5 Å². The maximum Gasteiger partial charge on any atom is 2.00 e. The zero-order valence-corrected chi connectivity index (χ0v) is 19.1. The Morgan fingerprint density at radius 3 is 1.53 bits per heavy atom. The molecule has 34 heavy (non-hydrogen) atoms. The minimum Gasteiger partial charge on any atom is -0.741 e. The summed E-state index contributed by atoms with van der Waals surface area (Å²) in [5.41, 5.74) is -1.48. The number of nitrogens with zero attached hydrogens (tertiary/aromatic N) is 4. The first kappa shape index (κ1) is 31.8. The summed E-state index contributed by atoms with van der Waals surface area (Å²) in [5, 5.41) is 16.0. The van der Waals surface area contributed by atoms with Crippen LogP contribution in [0.15, 0.2) is 44.7 Å². The third kappa shape index (κ3) is 12.9. The van der Waals surface area contributed by atoms with E-state index in [1.54, 1.807) is 10.6 Å². The summed E-state index contributed by atoms with van der Waals surface area (Å²) >= 11 is 9.15. The molecule has 0 aromatic heterocycles. The Kier molecular flexibility index (Phi) is 12.2. The molecule has 0 heterocycles. The van der Waals surface area contributed by atoms with Gasteiger partial charge in [0.25, 0.3) is 0 Å². The van der Waals surface area contributed by atoms with E-state index in [2.05, 4.69) is 45.7 Å². The van der Waals surface area contributed by atoms with Crippen LogP contribution < -0.4 is 10.6 Å². The van der Waals surface area contributed by atoms with Gasteiger partial charge in [-0.15, -0.1) is 5.10 Å². The molecule has 0 spiro atoms. The van der Waals surface area contributed by atoms with Gasteiger partial charge in [0.2, 0.25) is 0 Å². The normalized spacial score (nSPS) is 14.5. The first-order chi connectivity index (χ1) is 15.0. The van der Waals surface area contributed by atoms with Gasteiger partial charge >= 0.3 is 35.6 Å². The van der Waals surface area contributed by atoms with Crippen molar-refractivity contribution in [2.24, 2.45) is 20.4 Å². The van der Waals surface area contributed by atoms with Gasteiger partial charge in [0.1, 0.15) is 18.8 Å². The van der Waals surface area contributed by atoms with Crippen molar-refractivity contribution >= 4 is 47.0 Å². The summed E-state index contributed by atoms with van der Waals surface area (Å²) in [6, 6.07) is 3.35. The van der Waals surface area contributed by atoms with Crippen molar-refractivity contribution < 1.29 is 56.6 Å². The molecular weight excluding hydrogens is 575 g/mol. The van der Waals surface area contributed by atoms with Crippen LogP contribution in [0.1, 0.15) is 18.1 Å². The van der Waals surface area contributed by atoms with E-state index in [1.165, 1.54) is 6.92 Å².